The minimum absolute atomic E-state index is 0.596. The minimum atomic E-state index is 0.596. The quantitative estimate of drug-likeness (QED) is 0.457. The minimum Gasteiger partial charge on any atom is -0.396 e. The molecule has 2 nitrogen and oxygen atoms in total. The average molecular weight is 243 g/mol. The first-order valence-corrected chi connectivity index (χ1v) is 6.25. The Balaban J connectivity index is 2.37. The Bertz CT molecular complexity index is 328. The van der Waals surface area contributed by atoms with E-state index < -0.39 is 0 Å². The molecule has 0 spiro atoms. The van der Waals surface area contributed by atoms with Gasteiger partial charge in [0, 0.05) is 18.1 Å². The van der Waals surface area contributed by atoms with Gasteiger partial charge in [0.15, 0.2) is 0 Å². The van der Waals surface area contributed by atoms with Gasteiger partial charge in [-0.3, -0.25) is 0 Å². The van der Waals surface area contributed by atoms with Crippen LogP contribution < -0.4 is 11.1 Å². The second-order valence-electron chi connectivity index (χ2n) is 2.99. The van der Waals surface area contributed by atoms with Crippen molar-refractivity contribution in [3.05, 3.63) is 35.9 Å². The van der Waals surface area contributed by atoms with Crippen molar-refractivity contribution in [2.45, 2.75) is 0 Å². The molecule has 82 valence electrons. The van der Waals surface area contributed by atoms with Gasteiger partial charge in [-0.15, -0.1) is 6.58 Å². The van der Waals surface area contributed by atoms with Crippen LogP contribution in [0.2, 0.25) is 5.02 Å². The Labute approximate surface area is 99.9 Å². The van der Waals surface area contributed by atoms with Crippen molar-refractivity contribution in [1.82, 2.24) is 0 Å². The number of thioether (sulfide) groups is 1. The first-order valence-electron chi connectivity index (χ1n) is 4.72. The van der Waals surface area contributed by atoms with Crippen molar-refractivity contribution in [1.29, 1.82) is 0 Å². The summed E-state index contributed by atoms with van der Waals surface area (Å²) in [6.07, 6.45) is 1.90. The predicted octanol–water partition coefficient (Wildman–Crippen LogP) is 3.25. The number of nitrogen functional groups attached to an aromatic ring is 1. The predicted molar refractivity (Wildman–Crippen MR) is 71.9 cm³/mol. The molecule has 0 aliphatic rings. The second-order valence-corrected chi connectivity index (χ2v) is 4.55. The van der Waals surface area contributed by atoms with Crippen LogP contribution >= 0.6 is 23.4 Å². The SMILES string of the molecule is C=CCSCCNc1cccc(Cl)c1N. The summed E-state index contributed by atoms with van der Waals surface area (Å²) in [7, 11) is 0. The third-order valence-electron chi connectivity index (χ3n) is 1.85. The molecule has 0 aliphatic carbocycles. The number of hydrogen-bond donors (Lipinski definition) is 2. The van der Waals surface area contributed by atoms with E-state index in [1.165, 1.54) is 0 Å². The van der Waals surface area contributed by atoms with Gasteiger partial charge in [-0.05, 0) is 12.1 Å². The van der Waals surface area contributed by atoms with Crippen LogP contribution in [0.5, 0.6) is 0 Å². The molecular weight excluding hydrogens is 228 g/mol. The highest BCUT2D eigenvalue weighted by atomic mass is 35.5. The molecule has 0 amide bonds. The molecule has 1 aromatic rings. The zero-order valence-corrected chi connectivity index (χ0v) is 10.1. The summed E-state index contributed by atoms with van der Waals surface area (Å²) in [6, 6.07) is 5.60. The Kier molecular flexibility index (Phi) is 5.43. The van der Waals surface area contributed by atoms with Gasteiger partial charge in [-0.1, -0.05) is 23.7 Å². The van der Waals surface area contributed by atoms with E-state index in [1.54, 1.807) is 6.07 Å². The van der Waals surface area contributed by atoms with Gasteiger partial charge >= 0.3 is 0 Å². The Morgan fingerprint density at radius 3 is 3.07 bits per heavy atom. The molecule has 0 atom stereocenters. The van der Waals surface area contributed by atoms with Gasteiger partial charge in [-0.2, -0.15) is 11.8 Å². The van der Waals surface area contributed by atoms with Crippen LogP contribution in [0.1, 0.15) is 0 Å². The summed E-state index contributed by atoms with van der Waals surface area (Å²) in [5, 5.41) is 3.84. The van der Waals surface area contributed by atoms with Crippen LogP contribution in [0.3, 0.4) is 0 Å². The molecular formula is C11H15ClN2S. The normalized spacial score (nSPS) is 9.93. The van der Waals surface area contributed by atoms with E-state index >= 15 is 0 Å². The Hall–Kier alpha value is -0.800. The molecule has 1 aromatic carbocycles. The molecule has 15 heavy (non-hydrogen) atoms. The lowest BCUT2D eigenvalue weighted by Gasteiger charge is -2.09. The summed E-state index contributed by atoms with van der Waals surface area (Å²) >= 11 is 7.72. The first-order chi connectivity index (χ1) is 7.25. The van der Waals surface area contributed by atoms with E-state index in [0.29, 0.717) is 10.7 Å². The maximum absolute atomic E-state index is 5.89. The van der Waals surface area contributed by atoms with Crippen molar-refractivity contribution in [3.8, 4) is 0 Å². The van der Waals surface area contributed by atoms with Crippen LogP contribution in [-0.4, -0.2) is 18.1 Å². The number of halogens is 1. The zero-order valence-electron chi connectivity index (χ0n) is 8.50. The smallest absolute Gasteiger partial charge is 0.0739 e. The third kappa shape index (κ3) is 4.06. The summed E-state index contributed by atoms with van der Waals surface area (Å²) in [4.78, 5) is 0. The zero-order chi connectivity index (χ0) is 11.1. The maximum atomic E-state index is 5.89. The standard InChI is InChI=1S/C11H15ClN2S/c1-2-7-15-8-6-14-10-5-3-4-9(12)11(10)13/h2-5,14H,1,6-8,13H2. The van der Waals surface area contributed by atoms with Crippen LogP contribution in [0.4, 0.5) is 11.4 Å². The molecule has 0 saturated carbocycles. The lowest BCUT2D eigenvalue weighted by atomic mass is 10.2. The fraction of sp³-hybridized carbons (Fsp3) is 0.273. The number of benzene rings is 1. The monoisotopic (exact) mass is 242 g/mol. The number of hydrogen-bond acceptors (Lipinski definition) is 3. The summed E-state index contributed by atoms with van der Waals surface area (Å²) in [5.41, 5.74) is 7.33. The van der Waals surface area contributed by atoms with Crippen molar-refractivity contribution >= 4 is 34.7 Å². The van der Waals surface area contributed by atoms with Crippen LogP contribution in [-0.2, 0) is 0 Å². The van der Waals surface area contributed by atoms with E-state index in [9.17, 15) is 0 Å². The fourth-order valence-corrected chi connectivity index (χ4v) is 1.87. The molecule has 0 unspecified atom stereocenters. The molecule has 4 heteroatoms. The number of nitrogens with one attached hydrogen (secondary N) is 1. The van der Waals surface area contributed by atoms with Crippen molar-refractivity contribution in [3.63, 3.8) is 0 Å². The molecule has 1 rings (SSSR count). The van der Waals surface area contributed by atoms with Gasteiger partial charge in [0.1, 0.15) is 0 Å². The van der Waals surface area contributed by atoms with Crippen LogP contribution in [0.25, 0.3) is 0 Å². The number of anilines is 2. The van der Waals surface area contributed by atoms with E-state index in [-0.39, 0.29) is 0 Å². The first kappa shape index (κ1) is 12.3. The Morgan fingerprint density at radius 1 is 1.53 bits per heavy atom. The number of rotatable bonds is 6. The molecule has 3 N–H and O–H groups in total. The maximum Gasteiger partial charge on any atom is 0.0739 e. The largest absolute Gasteiger partial charge is 0.396 e. The van der Waals surface area contributed by atoms with E-state index in [2.05, 4.69) is 11.9 Å². The average Bonchev–Trinajstić information content (AvgIpc) is 2.24. The highest BCUT2D eigenvalue weighted by Crippen LogP contribution is 2.26. The Morgan fingerprint density at radius 2 is 2.33 bits per heavy atom. The number of para-hydroxylation sites is 1. The topological polar surface area (TPSA) is 38.0 Å². The van der Waals surface area contributed by atoms with E-state index in [0.717, 1.165) is 23.7 Å². The molecule has 0 saturated heterocycles. The highest BCUT2D eigenvalue weighted by Gasteiger charge is 2.01. The van der Waals surface area contributed by atoms with E-state index in [4.69, 9.17) is 17.3 Å². The molecule has 0 heterocycles. The van der Waals surface area contributed by atoms with Gasteiger partial charge in [-0.25, -0.2) is 0 Å². The van der Waals surface area contributed by atoms with E-state index in [1.807, 2.05) is 30.0 Å². The molecule has 0 aliphatic heterocycles. The lowest BCUT2D eigenvalue weighted by molar-refractivity contribution is 1.23. The fourth-order valence-electron chi connectivity index (χ4n) is 1.12. The van der Waals surface area contributed by atoms with Crippen LogP contribution in [0.15, 0.2) is 30.9 Å². The summed E-state index contributed by atoms with van der Waals surface area (Å²) in [6.45, 7) is 4.54. The second kappa shape index (κ2) is 6.64. The van der Waals surface area contributed by atoms with Crippen LogP contribution in [0, 0.1) is 0 Å². The highest BCUT2D eigenvalue weighted by molar-refractivity contribution is 7.99. The summed E-state index contributed by atoms with van der Waals surface area (Å²) in [5.74, 6) is 2.00. The third-order valence-corrected chi connectivity index (χ3v) is 3.14. The molecule has 0 fully saturated rings. The number of nitrogens with two attached hydrogens (primary N) is 1. The van der Waals surface area contributed by atoms with Crippen molar-refractivity contribution < 1.29 is 0 Å². The van der Waals surface area contributed by atoms with Crippen molar-refractivity contribution in [2.75, 3.05) is 29.1 Å². The summed E-state index contributed by atoms with van der Waals surface area (Å²) < 4.78 is 0. The van der Waals surface area contributed by atoms with Gasteiger partial charge in [0.25, 0.3) is 0 Å². The van der Waals surface area contributed by atoms with Gasteiger partial charge < -0.3 is 11.1 Å². The van der Waals surface area contributed by atoms with Gasteiger partial charge in [0.05, 0.1) is 16.4 Å². The molecule has 0 bridgehead atoms. The van der Waals surface area contributed by atoms with Gasteiger partial charge in [0.2, 0.25) is 0 Å². The lowest BCUT2D eigenvalue weighted by Crippen LogP contribution is -2.06. The molecule has 0 aromatic heterocycles. The van der Waals surface area contributed by atoms with Crippen molar-refractivity contribution in [2.24, 2.45) is 0 Å². The molecule has 0 radical (unpaired) electrons.